The van der Waals surface area contributed by atoms with Gasteiger partial charge in [0.1, 0.15) is 11.5 Å². The molecule has 1 saturated carbocycles. The van der Waals surface area contributed by atoms with Gasteiger partial charge in [-0.15, -0.1) is 0 Å². The third-order valence-electron chi connectivity index (χ3n) is 5.22. The van der Waals surface area contributed by atoms with Crippen molar-refractivity contribution >= 4 is 43.4 Å². The van der Waals surface area contributed by atoms with Crippen molar-refractivity contribution < 1.29 is 27.8 Å². The first kappa shape index (κ1) is 29.9. The van der Waals surface area contributed by atoms with E-state index in [0.29, 0.717) is 56.7 Å². The molecule has 38 heavy (non-hydrogen) atoms. The molecule has 1 aliphatic rings. The summed E-state index contributed by atoms with van der Waals surface area (Å²) >= 11 is 3.09. The summed E-state index contributed by atoms with van der Waals surface area (Å²) in [4.78, 5) is 8.42. The van der Waals surface area contributed by atoms with Crippen molar-refractivity contribution in [3.8, 4) is 0 Å². The summed E-state index contributed by atoms with van der Waals surface area (Å²) < 4.78 is 45.5. The number of rotatable bonds is 13. The minimum absolute atomic E-state index is 0.00319. The molecule has 3 rings (SSSR count). The number of guanidine groups is 1. The van der Waals surface area contributed by atoms with Gasteiger partial charge in [0, 0.05) is 13.1 Å². The first-order chi connectivity index (χ1) is 18.0. The van der Waals surface area contributed by atoms with Gasteiger partial charge in [-0.1, -0.05) is 5.16 Å². The highest BCUT2D eigenvalue weighted by Gasteiger charge is 2.36. The third-order valence-corrected chi connectivity index (χ3v) is 7.65. The van der Waals surface area contributed by atoms with E-state index in [9.17, 15) is 23.1 Å². The van der Waals surface area contributed by atoms with Gasteiger partial charge >= 0.3 is 0 Å². The Hall–Kier alpha value is -2.66. The lowest BCUT2D eigenvalue weighted by molar-refractivity contribution is 0.0903. The number of hydroxylamine groups is 1. The molecular formula is C22H32BrFN8O5S. The summed E-state index contributed by atoms with van der Waals surface area (Å²) in [5, 5.41) is 33.0. The lowest BCUT2D eigenvalue weighted by atomic mass is 10.1. The number of halogens is 2. The Morgan fingerprint density at radius 2 is 2.03 bits per heavy atom. The molecule has 1 heterocycles. The van der Waals surface area contributed by atoms with E-state index in [0.717, 1.165) is 0 Å². The van der Waals surface area contributed by atoms with E-state index in [1.54, 1.807) is 13.8 Å². The maximum atomic E-state index is 13.5. The molecule has 0 radical (unpaired) electrons. The third kappa shape index (κ3) is 9.58. The molecule has 1 aromatic heterocycles. The van der Waals surface area contributed by atoms with Crippen LogP contribution in [0.5, 0.6) is 0 Å². The largest absolute Gasteiger partial charge is 0.389 e. The van der Waals surface area contributed by atoms with Gasteiger partial charge < -0.3 is 15.7 Å². The van der Waals surface area contributed by atoms with Crippen LogP contribution in [-0.4, -0.2) is 77.9 Å². The fourth-order valence-corrected chi connectivity index (χ4v) is 4.83. The minimum atomic E-state index is -3.49. The monoisotopic (exact) mass is 618 g/mol. The predicted molar refractivity (Wildman–Crippen MR) is 142 cm³/mol. The van der Waals surface area contributed by atoms with Crippen LogP contribution in [0, 0.1) is 5.82 Å². The number of hydrogen-bond donors (Lipinski definition) is 6. The van der Waals surface area contributed by atoms with Crippen LogP contribution in [0.25, 0.3) is 0 Å². The summed E-state index contributed by atoms with van der Waals surface area (Å²) in [5.74, 6) is -0.329. The van der Waals surface area contributed by atoms with Crippen molar-refractivity contribution in [2.24, 2.45) is 9.98 Å². The number of aliphatic imine (C=N–C) groups is 2. The van der Waals surface area contributed by atoms with Crippen LogP contribution in [0.15, 0.2) is 37.3 Å². The Kier molecular flexibility index (Phi) is 10.6. The predicted octanol–water partition coefficient (Wildman–Crippen LogP) is 1.35. The molecule has 0 aliphatic heterocycles. The molecular weight excluding hydrogens is 587 g/mol. The van der Waals surface area contributed by atoms with Gasteiger partial charge in [-0.3, -0.25) is 15.4 Å². The normalized spacial score (nSPS) is 15.0. The Balaban J connectivity index is 1.46. The van der Waals surface area contributed by atoms with Crippen molar-refractivity contribution in [1.29, 1.82) is 0 Å². The molecule has 0 saturated heterocycles. The average Bonchev–Trinajstić information content (AvgIpc) is 3.62. The van der Waals surface area contributed by atoms with Crippen LogP contribution in [0.2, 0.25) is 0 Å². The van der Waals surface area contributed by atoms with Gasteiger partial charge in [0.2, 0.25) is 16.0 Å². The van der Waals surface area contributed by atoms with Crippen molar-refractivity contribution in [2.75, 3.05) is 26.2 Å². The van der Waals surface area contributed by atoms with Crippen LogP contribution < -0.4 is 20.8 Å². The highest BCUT2D eigenvalue weighted by Crippen LogP contribution is 2.27. The SMILES string of the molecule is CC(C)(O)CN=C(NCCNCCCc1nonc1C(=Nc1ccc(F)c(Br)c1)NO)NS(=O)(=O)C1CC1. The molecule has 0 atom stereocenters. The fraction of sp³-hybridized carbons (Fsp3) is 0.545. The number of aryl methyl sites for hydroxylation is 1. The van der Waals surface area contributed by atoms with E-state index in [4.69, 9.17) is 4.63 Å². The molecule has 16 heteroatoms. The summed E-state index contributed by atoms with van der Waals surface area (Å²) in [6.45, 7) is 4.73. The average molecular weight is 620 g/mol. The highest BCUT2D eigenvalue weighted by atomic mass is 79.9. The minimum Gasteiger partial charge on any atom is -0.389 e. The smallest absolute Gasteiger partial charge is 0.237 e. The Morgan fingerprint density at radius 3 is 2.68 bits per heavy atom. The zero-order chi connectivity index (χ0) is 27.8. The maximum Gasteiger partial charge on any atom is 0.237 e. The van der Waals surface area contributed by atoms with E-state index in [-0.39, 0.29) is 28.5 Å². The number of amidine groups is 1. The number of aromatic nitrogens is 2. The van der Waals surface area contributed by atoms with Gasteiger partial charge in [-0.05, 0) is 85.4 Å². The molecule has 1 aliphatic carbocycles. The number of sulfonamides is 1. The van der Waals surface area contributed by atoms with E-state index in [1.807, 2.05) is 5.48 Å². The lowest BCUT2D eigenvalue weighted by Gasteiger charge is -2.17. The van der Waals surface area contributed by atoms with Gasteiger partial charge in [0.05, 0.1) is 27.6 Å². The number of nitrogens with one attached hydrogen (secondary N) is 4. The molecule has 1 aromatic carbocycles. The summed E-state index contributed by atoms with van der Waals surface area (Å²) in [5.41, 5.74) is 1.99. The maximum absolute atomic E-state index is 13.5. The van der Waals surface area contributed by atoms with Crippen molar-refractivity contribution in [3.63, 3.8) is 0 Å². The molecule has 210 valence electrons. The lowest BCUT2D eigenvalue weighted by Crippen LogP contribution is -2.45. The van der Waals surface area contributed by atoms with Gasteiger partial charge in [0.15, 0.2) is 11.5 Å². The van der Waals surface area contributed by atoms with Crippen molar-refractivity contribution in [2.45, 2.75) is 50.4 Å². The van der Waals surface area contributed by atoms with Gasteiger partial charge in [-0.25, -0.2) is 27.4 Å². The molecule has 6 N–H and O–H groups in total. The quantitative estimate of drug-likeness (QED) is 0.0827. The topological polar surface area (TPSA) is 186 Å². The van der Waals surface area contributed by atoms with Crippen LogP contribution in [0.4, 0.5) is 10.1 Å². The summed E-state index contributed by atoms with van der Waals surface area (Å²) in [7, 11) is -3.49. The van der Waals surface area contributed by atoms with E-state index < -0.39 is 26.7 Å². The Morgan fingerprint density at radius 1 is 1.26 bits per heavy atom. The second-order valence-electron chi connectivity index (χ2n) is 9.33. The molecule has 0 unspecified atom stereocenters. The second-order valence-corrected chi connectivity index (χ2v) is 12.1. The molecule has 2 aromatic rings. The highest BCUT2D eigenvalue weighted by molar-refractivity contribution is 9.10. The zero-order valence-electron chi connectivity index (χ0n) is 21.0. The van der Waals surface area contributed by atoms with E-state index in [2.05, 4.69) is 51.6 Å². The number of hydrogen-bond acceptors (Lipinski definition) is 10. The van der Waals surface area contributed by atoms with Gasteiger partial charge in [-0.2, -0.15) is 0 Å². The Bertz CT molecular complexity index is 1240. The molecule has 13 nitrogen and oxygen atoms in total. The van der Waals surface area contributed by atoms with Crippen LogP contribution in [0.1, 0.15) is 44.5 Å². The van der Waals surface area contributed by atoms with E-state index in [1.165, 1.54) is 18.2 Å². The Labute approximate surface area is 228 Å². The summed E-state index contributed by atoms with van der Waals surface area (Å²) in [6.07, 6.45) is 2.37. The van der Waals surface area contributed by atoms with Crippen molar-refractivity contribution in [3.05, 3.63) is 39.9 Å². The molecule has 0 bridgehead atoms. The van der Waals surface area contributed by atoms with Crippen molar-refractivity contribution in [1.82, 2.24) is 31.1 Å². The molecule has 0 spiro atoms. The van der Waals surface area contributed by atoms with Crippen LogP contribution in [0.3, 0.4) is 0 Å². The first-order valence-corrected chi connectivity index (χ1v) is 14.3. The van der Waals surface area contributed by atoms with Gasteiger partial charge in [0.25, 0.3) is 0 Å². The molecule has 1 fully saturated rings. The standard InChI is InChI=1S/C22H32BrFN8O5S/c1-22(2,33)13-27-21(32-38(35,36)15-6-7-15)26-11-10-25-9-3-4-18-19(31-37-30-18)20(29-34)28-14-5-8-17(24)16(23)12-14/h5,8,12,15,25,33-34H,3-4,6-7,9-11,13H2,1-2H3,(H,28,29)(H2,26,27,32). The first-order valence-electron chi connectivity index (χ1n) is 12.0. The number of aliphatic hydroxyl groups is 1. The molecule has 0 amide bonds. The van der Waals surface area contributed by atoms with Crippen LogP contribution in [-0.2, 0) is 16.4 Å². The number of benzene rings is 1. The number of nitrogens with zero attached hydrogens (tertiary/aromatic N) is 4. The summed E-state index contributed by atoms with van der Waals surface area (Å²) in [6, 6.07) is 4.14. The van der Waals surface area contributed by atoms with E-state index >= 15 is 0 Å². The zero-order valence-corrected chi connectivity index (χ0v) is 23.4. The van der Waals surface area contributed by atoms with Crippen LogP contribution >= 0.6 is 15.9 Å². The fourth-order valence-electron chi connectivity index (χ4n) is 3.13. The second kappa shape index (κ2) is 13.4.